The van der Waals surface area contributed by atoms with Crippen molar-refractivity contribution in [3.8, 4) is 0 Å². The quantitative estimate of drug-likeness (QED) is 0.548. The third-order valence-electron chi connectivity index (χ3n) is 2.65. The van der Waals surface area contributed by atoms with E-state index < -0.39 is 48.6 Å². The fourth-order valence-electron chi connectivity index (χ4n) is 1.99. The minimum Gasteiger partial charge on any atom is -0.456 e. The molecule has 8 heteroatoms. The smallest absolute Gasteiger partial charge is 0.303 e. The van der Waals surface area contributed by atoms with Crippen LogP contribution in [0.3, 0.4) is 0 Å². The van der Waals surface area contributed by atoms with Crippen molar-refractivity contribution in [2.24, 2.45) is 0 Å². The molecule has 1 aliphatic rings. The molecule has 1 aliphatic heterocycles. The van der Waals surface area contributed by atoms with E-state index in [0.29, 0.717) is 0 Å². The summed E-state index contributed by atoms with van der Waals surface area (Å²) in [6.45, 7) is 5.01. The zero-order valence-corrected chi connectivity index (χ0v) is 11.7. The van der Waals surface area contributed by atoms with Gasteiger partial charge < -0.3 is 24.1 Å². The SMILES string of the molecule is CC(=O)OC1[C@@H](OC(C)=O)C(C)O[C@@H](O)[C@@H]1OC(C)=O. The third kappa shape index (κ3) is 4.17. The van der Waals surface area contributed by atoms with Gasteiger partial charge in [-0.25, -0.2) is 0 Å². The van der Waals surface area contributed by atoms with Crippen LogP contribution in [-0.2, 0) is 33.3 Å². The molecule has 0 radical (unpaired) electrons. The molecular formula is C12H18O8. The monoisotopic (exact) mass is 290 g/mol. The van der Waals surface area contributed by atoms with Gasteiger partial charge in [0, 0.05) is 20.8 Å². The molecule has 0 spiro atoms. The summed E-state index contributed by atoms with van der Waals surface area (Å²) >= 11 is 0. The Bertz CT molecular complexity index is 365. The van der Waals surface area contributed by atoms with E-state index in [0.717, 1.165) is 13.8 Å². The number of esters is 3. The first-order valence-electron chi connectivity index (χ1n) is 6.07. The zero-order chi connectivity index (χ0) is 15.4. The molecule has 0 aliphatic carbocycles. The molecule has 20 heavy (non-hydrogen) atoms. The molecule has 5 atom stereocenters. The summed E-state index contributed by atoms with van der Waals surface area (Å²) in [6.07, 6.45) is -5.60. The average molecular weight is 290 g/mol. The number of rotatable bonds is 3. The van der Waals surface area contributed by atoms with E-state index in [1.54, 1.807) is 0 Å². The van der Waals surface area contributed by atoms with Crippen LogP contribution in [0.2, 0.25) is 0 Å². The van der Waals surface area contributed by atoms with Crippen LogP contribution in [0.25, 0.3) is 0 Å². The van der Waals surface area contributed by atoms with Crippen LogP contribution in [0.1, 0.15) is 27.7 Å². The Morgan fingerprint density at radius 1 is 0.850 bits per heavy atom. The Morgan fingerprint density at radius 3 is 1.70 bits per heavy atom. The number of hydrogen-bond acceptors (Lipinski definition) is 8. The maximum Gasteiger partial charge on any atom is 0.303 e. The van der Waals surface area contributed by atoms with Gasteiger partial charge in [-0.2, -0.15) is 0 Å². The first-order valence-corrected chi connectivity index (χ1v) is 6.07. The molecule has 2 unspecified atom stereocenters. The topological polar surface area (TPSA) is 108 Å². The molecule has 0 aromatic carbocycles. The molecule has 1 rings (SSSR count). The number of carbonyl (C=O) groups is 3. The first-order chi connectivity index (χ1) is 9.22. The number of carbonyl (C=O) groups excluding carboxylic acids is 3. The zero-order valence-electron chi connectivity index (χ0n) is 11.7. The molecule has 1 N–H and O–H groups in total. The molecule has 0 aromatic heterocycles. The maximum atomic E-state index is 11.2. The van der Waals surface area contributed by atoms with Crippen molar-refractivity contribution in [3.63, 3.8) is 0 Å². The van der Waals surface area contributed by atoms with Crippen molar-refractivity contribution in [2.45, 2.75) is 58.4 Å². The van der Waals surface area contributed by atoms with Gasteiger partial charge in [-0.1, -0.05) is 0 Å². The Labute approximate surface area is 115 Å². The lowest BCUT2D eigenvalue weighted by Gasteiger charge is -2.41. The Balaban J connectivity index is 3.01. The largest absolute Gasteiger partial charge is 0.456 e. The molecule has 0 amide bonds. The second kappa shape index (κ2) is 6.67. The van der Waals surface area contributed by atoms with E-state index in [4.69, 9.17) is 18.9 Å². The van der Waals surface area contributed by atoms with E-state index in [-0.39, 0.29) is 0 Å². The van der Waals surface area contributed by atoms with Crippen LogP contribution in [0.15, 0.2) is 0 Å². The van der Waals surface area contributed by atoms with Crippen molar-refractivity contribution in [3.05, 3.63) is 0 Å². The van der Waals surface area contributed by atoms with Crippen LogP contribution in [0.5, 0.6) is 0 Å². The standard InChI is InChI=1S/C12H18O8/c1-5-9(18-6(2)13)10(19-7(3)14)11(12(16)17-5)20-8(4)15/h5,9-12,16H,1-4H3/t5?,9-,10?,11+,12+/m0/s1. The summed E-state index contributed by atoms with van der Waals surface area (Å²) in [5.41, 5.74) is 0. The number of aliphatic hydroxyl groups is 1. The van der Waals surface area contributed by atoms with Gasteiger partial charge in [0.25, 0.3) is 0 Å². The predicted octanol–water partition coefficient (Wildman–Crippen LogP) is -0.481. The molecule has 0 aromatic rings. The Morgan fingerprint density at radius 2 is 1.25 bits per heavy atom. The van der Waals surface area contributed by atoms with Crippen LogP contribution in [0.4, 0.5) is 0 Å². The van der Waals surface area contributed by atoms with Crippen molar-refractivity contribution >= 4 is 17.9 Å². The Kier molecular flexibility index (Phi) is 5.46. The fourth-order valence-corrected chi connectivity index (χ4v) is 1.99. The van der Waals surface area contributed by atoms with Crippen molar-refractivity contribution in [2.75, 3.05) is 0 Å². The normalized spacial score (nSPS) is 33.1. The highest BCUT2D eigenvalue weighted by Crippen LogP contribution is 2.27. The molecule has 1 heterocycles. The van der Waals surface area contributed by atoms with Gasteiger partial charge >= 0.3 is 17.9 Å². The van der Waals surface area contributed by atoms with Gasteiger partial charge in [-0.05, 0) is 6.92 Å². The van der Waals surface area contributed by atoms with Crippen LogP contribution in [0, 0.1) is 0 Å². The molecule has 114 valence electrons. The van der Waals surface area contributed by atoms with Crippen LogP contribution in [-0.4, -0.2) is 53.7 Å². The minimum atomic E-state index is -1.48. The number of hydrogen-bond donors (Lipinski definition) is 1. The molecule has 8 nitrogen and oxygen atoms in total. The summed E-state index contributed by atoms with van der Waals surface area (Å²) in [5.74, 6) is -1.96. The van der Waals surface area contributed by atoms with Crippen molar-refractivity contribution in [1.29, 1.82) is 0 Å². The van der Waals surface area contributed by atoms with Gasteiger partial charge in [0.1, 0.15) is 0 Å². The van der Waals surface area contributed by atoms with Crippen molar-refractivity contribution in [1.82, 2.24) is 0 Å². The summed E-state index contributed by atoms with van der Waals surface area (Å²) in [6, 6.07) is 0. The van der Waals surface area contributed by atoms with E-state index >= 15 is 0 Å². The summed E-state index contributed by atoms with van der Waals surface area (Å²) in [7, 11) is 0. The Hall–Kier alpha value is -1.67. The molecule has 1 saturated heterocycles. The van der Waals surface area contributed by atoms with E-state index in [1.807, 2.05) is 0 Å². The van der Waals surface area contributed by atoms with Gasteiger partial charge in [0.15, 0.2) is 24.6 Å². The van der Waals surface area contributed by atoms with E-state index in [9.17, 15) is 19.5 Å². The molecule has 0 bridgehead atoms. The highest BCUT2D eigenvalue weighted by atomic mass is 16.7. The highest BCUT2D eigenvalue weighted by molar-refractivity contribution is 5.68. The van der Waals surface area contributed by atoms with E-state index in [2.05, 4.69) is 0 Å². The van der Waals surface area contributed by atoms with Gasteiger partial charge in [-0.15, -0.1) is 0 Å². The lowest BCUT2D eigenvalue weighted by molar-refractivity contribution is -0.288. The second-order valence-electron chi connectivity index (χ2n) is 4.45. The highest BCUT2D eigenvalue weighted by Gasteiger charge is 2.49. The molecular weight excluding hydrogens is 272 g/mol. The summed E-state index contributed by atoms with van der Waals surface area (Å²) in [4.78, 5) is 33.3. The lowest BCUT2D eigenvalue weighted by Crippen LogP contribution is -2.60. The number of aliphatic hydroxyl groups excluding tert-OH is 1. The first kappa shape index (κ1) is 16.4. The van der Waals surface area contributed by atoms with Gasteiger partial charge in [0.05, 0.1) is 6.10 Å². The molecule has 0 saturated carbocycles. The summed E-state index contributed by atoms with van der Waals surface area (Å²) in [5, 5.41) is 9.79. The maximum absolute atomic E-state index is 11.2. The van der Waals surface area contributed by atoms with Gasteiger partial charge in [-0.3, -0.25) is 14.4 Å². The summed E-state index contributed by atoms with van der Waals surface area (Å²) < 4.78 is 20.1. The molecule has 1 fully saturated rings. The van der Waals surface area contributed by atoms with Crippen LogP contribution >= 0.6 is 0 Å². The second-order valence-corrected chi connectivity index (χ2v) is 4.45. The third-order valence-corrected chi connectivity index (χ3v) is 2.65. The van der Waals surface area contributed by atoms with Crippen molar-refractivity contribution < 1.29 is 38.4 Å². The predicted molar refractivity (Wildman–Crippen MR) is 63.2 cm³/mol. The number of ether oxygens (including phenoxy) is 4. The lowest BCUT2D eigenvalue weighted by atomic mass is 9.99. The van der Waals surface area contributed by atoms with E-state index in [1.165, 1.54) is 13.8 Å². The minimum absolute atomic E-state index is 0.611. The van der Waals surface area contributed by atoms with Crippen LogP contribution < -0.4 is 0 Å². The average Bonchev–Trinajstić information content (AvgIpc) is 2.27. The fraction of sp³-hybridized carbons (Fsp3) is 0.750. The van der Waals surface area contributed by atoms with Gasteiger partial charge in [0.2, 0.25) is 0 Å².